The monoisotopic (exact) mass is 390 g/mol. The second-order valence-corrected chi connectivity index (χ2v) is 7.85. The van der Waals surface area contributed by atoms with E-state index >= 15 is 0 Å². The van der Waals surface area contributed by atoms with Crippen molar-refractivity contribution in [3.63, 3.8) is 0 Å². The Labute approximate surface area is 170 Å². The Kier molecular flexibility index (Phi) is 9.79. The molecule has 28 heavy (non-hydrogen) atoms. The highest BCUT2D eigenvalue weighted by Crippen LogP contribution is 2.23. The Balaban J connectivity index is 1.81. The average Bonchev–Trinajstić information content (AvgIpc) is 2.97. The van der Waals surface area contributed by atoms with Gasteiger partial charge in [0.15, 0.2) is 0 Å². The van der Waals surface area contributed by atoms with E-state index in [0.717, 1.165) is 37.2 Å². The van der Waals surface area contributed by atoms with Crippen molar-refractivity contribution < 1.29 is 14.3 Å². The van der Waals surface area contributed by atoms with Gasteiger partial charge in [-0.15, -0.1) is 0 Å². The van der Waals surface area contributed by atoms with Crippen molar-refractivity contribution in [2.45, 2.75) is 71.3 Å². The summed E-state index contributed by atoms with van der Waals surface area (Å²) in [6, 6.07) is 7.63. The summed E-state index contributed by atoms with van der Waals surface area (Å²) >= 11 is 0. The van der Waals surface area contributed by atoms with Crippen molar-refractivity contribution >= 4 is 11.6 Å². The maximum Gasteiger partial charge on any atom is 0.256 e. The lowest BCUT2D eigenvalue weighted by Gasteiger charge is -2.28. The molecule has 1 aromatic rings. The molecule has 0 bridgehead atoms. The Morgan fingerprint density at radius 1 is 1.11 bits per heavy atom. The van der Waals surface area contributed by atoms with Crippen molar-refractivity contribution in [1.29, 1.82) is 0 Å². The lowest BCUT2D eigenvalue weighted by atomic mass is 9.97. The first kappa shape index (κ1) is 22.7. The van der Waals surface area contributed by atoms with Crippen molar-refractivity contribution in [2.24, 2.45) is 0 Å². The fraction of sp³-hybridized carbons (Fsp3) is 0.696. The molecule has 0 aromatic heterocycles. The zero-order valence-electron chi connectivity index (χ0n) is 18.0. The van der Waals surface area contributed by atoms with Gasteiger partial charge in [-0.05, 0) is 70.5 Å². The summed E-state index contributed by atoms with van der Waals surface area (Å²) in [5.74, 6) is 0.754. The minimum Gasteiger partial charge on any atom is -0.492 e. The van der Waals surface area contributed by atoms with Gasteiger partial charge in [0.25, 0.3) is 5.91 Å². The smallest absolute Gasteiger partial charge is 0.256 e. The molecule has 1 N–H and O–H groups in total. The van der Waals surface area contributed by atoms with E-state index in [4.69, 9.17) is 9.47 Å². The normalized spacial score (nSPS) is 17.5. The summed E-state index contributed by atoms with van der Waals surface area (Å²) in [5, 5.41) is 2.99. The number of benzene rings is 1. The summed E-state index contributed by atoms with van der Waals surface area (Å²) in [7, 11) is 0. The first-order valence-electron chi connectivity index (χ1n) is 11.0. The average molecular weight is 391 g/mol. The molecular weight excluding hydrogens is 352 g/mol. The first-order valence-corrected chi connectivity index (χ1v) is 11.0. The van der Waals surface area contributed by atoms with Crippen LogP contribution in [0.4, 0.5) is 5.69 Å². The number of carbonyl (C=O) groups is 1. The predicted octanol–water partition coefficient (Wildman–Crippen LogP) is 4.87. The predicted molar refractivity (Wildman–Crippen MR) is 115 cm³/mol. The third kappa shape index (κ3) is 7.44. The quantitative estimate of drug-likeness (QED) is 0.586. The fourth-order valence-corrected chi connectivity index (χ4v) is 3.63. The van der Waals surface area contributed by atoms with Crippen LogP contribution in [0.15, 0.2) is 24.3 Å². The summed E-state index contributed by atoms with van der Waals surface area (Å²) in [5.41, 5.74) is -0.0140. The molecule has 0 aliphatic carbocycles. The number of carbonyl (C=O) groups excluding carboxylic acids is 1. The minimum absolute atomic E-state index is 0.0855. The van der Waals surface area contributed by atoms with Crippen LogP contribution in [0.5, 0.6) is 5.75 Å². The van der Waals surface area contributed by atoms with Crippen molar-refractivity contribution in [1.82, 2.24) is 4.90 Å². The number of amides is 1. The van der Waals surface area contributed by atoms with E-state index in [-0.39, 0.29) is 5.91 Å². The lowest BCUT2D eigenvalue weighted by Crippen LogP contribution is -2.42. The van der Waals surface area contributed by atoms with E-state index in [1.807, 2.05) is 38.1 Å². The number of likely N-dealkylation sites (tertiary alicyclic amines) is 1. The molecule has 1 aliphatic rings. The number of nitrogens with zero attached hydrogens (tertiary/aromatic N) is 1. The molecular formula is C23H38N2O3. The van der Waals surface area contributed by atoms with Gasteiger partial charge in [-0.3, -0.25) is 9.69 Å². The number of hydrogen-bond acceptors (Lipinski definition) is 4. The molecule has 1 atom stereocenters. The number of ether oxygens (including phenoxy) is 2. The van der Waals surface area contributed by atoms with Gasteiger partial charge in [0.1, 0.15) is 18.0 Å². The minimum atomic E-state index is -0.785. The van der Waals surface area contributed by atoms with E-state index in [2.05, 4.69) is 17.1 Å². The molecule has 1 aromatic carbocycles. The number of anilines is 1. The van der Waals surface area contributed by atoms with Crippen LogP contribution in [0.3, 0.4) is 0 Å². The van der Waals surface area contributed by atoms with E-state index in [0.29, 0.717) is 13.2 Å². The van der Waals surface area contributed by atoms with E-state index < -0.39 is 5.60 Å². The molecule has 0 unspecified atom stereocenters. The van der Waals surface area contributed by atoms with E-state index in [1.54, 1.807) is 0 Å². The van der Waals surface area contributed by atoms with Gasteiger partial charge in [0.2, 0.25) is 0 Å². The molecule has 1 saturated heterocycles. The molecule has 2 rings (SSSR count). The van der Waals surface area contributed by atoms with Crippen molar-refractivity contribution in [2.75, 3.05) is 38.2 Å². The summed E-state index contributed by atoms with van der Waals surface area (Å²) in [6.07, 6.45) is 8.03. The van der Waals surface area contributed by atoms with Gasteiger partial charge < -0.3 is 14.8 Å². The molecule has 0 radical (unpaired) electrons. The Morgan fingerprint density at radius 2 is 1.79 bits per heavy atom. The van der Waals surface area contributed by atoms with Crippen LogP contribution < -0.4 is 10.1 Å². The van der Waals surface area contributed by atoms with Crippen LogP contribution in [-0.4, -0.2) is 49.3 Å². The van der Waals surface area contributed by atoms with Gasteiger partial charge >= 0.3 is 0 Å². The standard InChI is InChI=1S/C23H38N2O3/c1-4-6-15-23(3,28-5-2)22(26)24-20-11-13-21(14-12-20)27-19-18-25-16-9-7-8-10-17-25/h11-14H,4-10,15-19H2,1-3H3,(H,24,26)/t23-/m0/s1. The highest BCUT2D eigenvalue weighted by Gasteiger charge is 2.33. The molecule has 158 valence electrons. The van der Waals surface area contributed by atoms with Crippen LogP contribution in [0.2, 0.25) is 0 Å². The largest absolute Gasteiger partial charge is 0.492 e. The van der Waals surface area contributed by atoms with E-state index in [9.17, 15) is 4.79 Å². The second kappa shape index (κ2) is 12.1. The molecule has 1 fully saturated rings. The Bertz CT molecular complexity index is 568. The van der Waals surface area contributed by atoms with Gasteiger partial charge in [0, 0.05) is 18.8 Å². The van der Waals surface area contributed by atoms with Gasteiger partial charge in [-0.2, -0.15) is 0 Å². The van der Waals surface area contributed by atoms with Crippen molar-refractivity contribution in [3.05, 3.63) is 24.3 Å². The number of hydrogen-bond donors (Lipinski definition) is 1. The molecule has 0 spiro atoms. The molecule has 5 nitrogen and oxygen atoms in total. The molecule has 1 amide bonds. The van der Waals surface area contributed by atoms with Crippen LogP contribution in [0.1, 0.15) is 65.7 Å². The van der Waals surface area contributed by atoms with Crippen LogP contribution in [-0.2, 0) is 9.53 Å². The lowest BCUT2D eigenvalue weighted by molar-refractivity contribution is -0.139. The highest BCUT2D eigenvalue weighted by atomic mass is 16.5. The zero-order chi connectivity index (χ0) is 20.2. The molecule has 0 saturated carbocycles. The third-order valence-corrected chi connectivity index (χ3v) is 5.44. The maximum atomic E-state index is 12.7. The molecule has 1 aliphatic heterocycles. The first-order chi connectivity index (χ1) is 13.6. The number of nitrogens with one attached hydrogen (secondary N) is 1. The topological polar surface area (TPSA) is 50.8 Å². The SMILES string of the molecule is CCCC[C@](C)(OCC)C(=O)Nc1ccc(OCCN2CCCCCC2)cc1. The van der Waals surface area contributed by atoms with Gasteiger partial charge in [-0.25, -0.2) is 0 Å². The number of unbranched alkanes of at least 4 members (excludes halogenated alkanes) is 1. The Hall–Kier alpha value is -1.59. The van der Waals surface area contributed by atoms with Gasteiger partial charge in [0.05, 0.1) is 0 Å². The van der Waals surface area contributed by atoms with Gasteiger partial charge in [-0.1, -0.05) is 32.6 Å². The van der Waals surface area contributed by atoms with Crippen LogP contribution in [0.25, 0.3) is 0 Å². The summed E-state index contributed by atoms with van der Waals surface area (Å²) in [4.78, 5) is 15.2. The second-order valence-electron chi connectivity index (χ2n) is 7.85. The van der Waals surface area contributed by atoms with Crippen LogP contribution >= 0.6 is 0 Å². The molecule has 5 heteroatoms. The zero-order valence-corrected chi connectivity index (χ0v) is 18.0. The summed E-state index contributed by atoms with van der Waals surface area (Å²) in [6.45, 7) is 10.5. The van der Waals surface area contributed by atoms with Crippen molar-refractivity contribution in [3.8, 4) is 5.75 Å². The highest BCUT2D eigenvalue weighted by molar-refractivity contribution is 5.97. The Morgan fingerprint density at radius 3 is 2.39 bits per heavy atom. The summed E-state index contributed by atoms with van der Waals surface area (Å²) < 4.78 is 11.7. The third-order valence-electron chi connectivity index (χ3n) is 5.44. The van der Waals surface area contributed by atoms with Crippen LogP contribution in [0, 0.1) is 0 Å². The van der Waals surface area contributed by atoms with E-state index in [1.165, 1.54) is 38.8 Å². The maximum absolute atomic E-state index is 12.7. The fourth-order valence-electron chi connectivity index (χ4n) is 3.63. The number of rotatable bonds is 11. The molecule has 1 heterocycles.